The van der Waals surface area contributed by atoms with Crippen molar-refractivity contribution >= 4 is 7.85 Å². The number of aliphatic hydroxyl groups excluding tert-OH is 2. The zero-order chi connectivity index (χ0) is 10.1. The fraction of sp³-hybridized carbons (Fsp3) is 0.625. The van der Waals surface area contributed by atoms with Crippen LogP contribution in [0.25, 0.3) is 0 Å². The summed E-state index contributed by atoms with van der Waals surface area (Å²) in [6, 6.07) is -1.30. The molecule has 0 aromatic heterocycles. The summed E-state index contributed by atoms with van der Waals surface area (Å²) in [7, 11) is 5.29. The van der Waals surface area contributed by atoms with Crippen molar-refractivity contribution in [2.45, 2.75) is 23.9 Å². The lowest BCUT2D eigenvalue weighted by Gasteiger charge is -2.21. The Morgan fingerprint density at radius 1 is 1.77 bits per heavy atom. The molecule has 13 heavy (non-hydrogen) atoms. The van der Waals surface area contributed by atoms with Gasteiger partial charge in [-0.2, -0.15) is 0 Å². The van der Waals surface area contributed by atoms with Gasteiger partial charge in [0.05, 0.1) is 12.6 Å². The van der Waals surface area contributed by atoms with Gasteiger partial charge in [-0.25, -0.2) is 4.39 Å². The molecular weight excluding hydrogens is 174 g/mol. The van der Waals surface area contributed by atoms with Crippen LogP contribution in [0.1, 0.15) is 0 Å². The van der Waals surface area contributed by atoms with E-state index in [4.69, 9.17) is 17.7 Å². The van der Waals surface area contributed by atoms with E-state index in [2.05, 4.69) is 12.3 Å². The molecule has 0 saturated carbocycles. The molecule has 5 heteroatoms. The van der Waals surface area contributed by atoms with E-state index in [9.17, 15) is 9.50 Å². The van der Waals surface area contributed by atoms with E-state index in [-0.39, 0.29) is 0 Å². The summed E-state index contributed by atoms with van der Waals surface area (Å²) in [6.07, 6.45) is -1.57. The number of hydrogen-bond acceptors (Lipinski definition) is 3. The zero-order valence-electron chi connectivity index (χ0n) is 6.98. The molecule has 4 unspecified atom stereocenters. The first-order valence-corrected chi connectivity index (χ1v) is 3.82. The lowest BCUT2D eigenvalue weighted by Crippen LogP contribution is -2.43. The molecule has 1 saturated heterocycles. The monoisotopic (exact) mass is 184 g/mol. The Balaban J connectivity index is 2.91. The van der Waals surface area contributed by atoms with Gasteiger partial charge in [-0.15, -0.1) is 5.73 Å². The van der Waals surface area contributed by atoms with Gasteiger partial charge >= 0.3 is 0 Å². The summed E-state index contributed by atoms with van der Waals surface area (Å²) in [5, 5.41) is 18.1. The summed E-state index contributed by atoms with van der Waals surface area (Å²) in [4.78, 5) is 0. The minimum Gasteiger partial charge on any atom is -0.394 e. The van der Waals surface area contributed by atoms with Crippen LogP contribution >= 0.6 is 0 Å². The van der Waals surface area contributed by atoms with Gasteiger partial charge in [0, 0.05) is 0 Å². The number of alkyl halides is 1. The van der Waals surface area contributed by atoms with Crippen molar-refractivity contribution in [3.63, 3.8) is 0 Å². The Morgan fingerprint density at radius 2 is 2.38 bits per heavy atom. The van der Waals surface area contributed by atoms with E-state index in [1.807, 2.05) is 0 Å². The van der Waals surface area contributed by atoms with E-state index < -0.39 is 30.5 Å². The van der Waals surface area contributed by atoms with Crippen LogP contribution < -0.4 is 0 Å². The molecule has 70 valence electrons. The van der Waals surface area contributed by atoms with E-state index in [1.165, 1.54) is 0 Å². The highest BCUT2D eigenvalue weighted by molar-refractivity contribution is 6.12. The Bertz CT molecular complexity index is 242. The van der Waals surface area contributed by atoms with Crippen molar-refractivity contribution in [1.29, 1.82) is 0 Å². The maximum absolute atomic E-state index is 13.8. The Labute approximate surface area is 76.9 Å². The van der Waals surface area contributed by atoms with E-state index >= 15 is 0 Å². The first kappa shape index (κ1) is 10.5. The number of ether oxygens (including phenoxy) is 1. The SMILES string of the molecule is [B]C1OC(CO)C(O)C1(F)C=C=C. The number of hydrogen-bond donors (Lipinski definition) is 2. The normalized spacial score (nSPS) is 44.4. The summed E-state index contributed by atoms with van der Waals surface area (Å²) < 4.78 is 18.6. The van der Waals surface area contributed by atoms with Gasteiger partial charge in [-0.3, -0.25) is 0 Å². The third-order valence-corrected chi connectivity index (χ3v) is 2.07. The van der Waals surface area contributed by atoms with Crippen LogP contribution in [0.15, 0.2) is 18.4 Å². The first-order valence-electron chi connectivity index (χ1n) is 3.82. The minimum absolute atomic E-state index is 0.481. The van der Waals surface area contributed by atoms with Gasteiger partial charge < -0.3 is 14.9 Å². The van der Waals surface area contributed by atoms with Crippen molar-refractivity contribution in [2.75, 3.05) is 6.61 Å². The minimum atomic E-state index is -2.21. The molecule has 1 heterocycles. The van der Waals surface area contributed by atoms with Crippen LogP contribution in [0, 0.1) is 0 Å². The fourth-order valence-corrected chi connectivity index (χ4v) is 1.29. The highest BCUT2D eigenvalue weighted by Crippen LogP contribution is 2.34. The molecule has 0 aliphatic carbocycles. The highest BCUT2D eigenvalue weighted by Gasteiger charge is 2.52. The Morgan fingerprint density at radius 3 is 2.77 bits per heavy atom. The van der Waals surface area contributed by atoms with Gasteiger partial charge in [0.25, 0.3) is 0 Å². The molecule has 4 atom stereocenters. The van der Waals surface area contributed by atoms with E-state index in [0.29, 0.717) is 0 Å². The van der Waals surface area contributed by atoms with Crippen molar-refractivity contribution in [2.24, 2.45) is 0 Å². The molecule has 1 fully saturated rings. The fourth-order valence-electron chi connectivity index (χ4n) is 1.29. The maximum Gasteiger partial charge on any atom is 0.182 e. The quantitative estimate of drug-likeness (QED) is 0.440. The number of rotatable bonds is 2. The maximum atomic E-state index is 13.8. The van der Waals surface area contributed by atoms with Crippen molar-refractivity contribution in [3.8, 4) is 0 Å². The predicted molar refractivity (Wildman–Crippen MR) is 45.1 cm³/mol. The second-order valence-corrected chi connectivity index (χ2v) is 2.90. The molecule has 1 rings (SSSR count). The zero-order valence-corrected chi connectivity index (χ0v) is 6.98. The predicted octanol–water partition coefficient (Wildman–Crippen LogP) is -0.718. The second-order valence-electron chi connectivity index (χ2n) is 2.90. The summed E-state index contributed by atoms with van der Waals surface area (Å²) in [6.45, 7) is 2.70. The van der Waals surface area contributed by atoms with Gasteiger partial charge in [-0.05, 0) is 6.08 Å². The van der Waals surface area contributed by atoms with Crippen LogP contribution in [0.2, 0.25) is 0 Å². The average Bonchev–Trinajstić information content (AvgIpc) is 2.31. The van der Waals surface area contributed by atoms with Crippen molar-refractivity contribution in [3.05, 3.63) is 18.4 Å². The Hall–Kier alpha value is -0.605. The van der Waals surface area contributed by atoms with Crippen molar-refractivity contribution in [1.82, 2.24) is 0 Å². The third kappa shape index (κ3) is 1.56. The molecule has 1 aliphatic heterocycles. The van der Waals surface area contributed by atoms with Crippen LogP contribution in [-0.4, -0.2) is 48.5 Å². The van der Waals surface area contributed by atoms with Gasteiger partial charge in [-0.1, -0.05) is 6.58 Å². The van der Waals surface area contributed by atoms with E-state index in [0.717, 1.165) is 6.08 Å². The van der Waals surface area contributed by atoms with Crippen LogP contribution in [0.3, 0.4) is 0 Å². The van der Waals surface area contributed by atoms with E-state index in [1.54, 1.807) is 0 Å². The van der Waals surface area contributed by atoms with Crippen molar-refractivity contribution < 1.29 is 19.3 Å². The molecule has 0 aromatic rings. The molecule has 0 spiro atoms. The second kappa shape index (κ2) is 3.64. The van der Waals surface area contributed by atoms with Gasteiger partial charge in [0.15, 0.2) is 5.67 Å². The average molecular weight is 184 g/mol. The van der Waals surface area contributed by atoms with Crippen LogP contribution in [-0.2, 0) is 4.74 Å². The molecular formula is C8H10BFO3. The molecule has 0 bridgehead atoms. The lowest BCUT2D eigenvalue weighted by molar-refractivity contribution is -0.00855. The molecule has 1 aliphatic rings. The smallest absolute Gasteiger partial charge is 0.182 e. The Kier molecular flexibility index (Phi) is 2.93. The molecule has 3 nitrogen and oxygen atoms in total. The van der Waals surface area contributed by atoms with Crippen LogP contribution in [0.5, 0.6) is 0 Å². The lowest BCUT2D eigenvalue weighted by atomic mass is 9.82. The molecule has 2 radical (unpaired) electrons. The van der Waals surface area contributed by atoms with Gasteiger partial charge in [0.2, 0.25) is 0 Å². The third-order valence-electron chi connectivity index (χ3n) is 2.07. The highest BCUT2D eigenvalue weighted by atomic mass is 19.1. The molecule has 0 aromatic carbocycles. The topological polar surface area (TPSA) is 49.7 Å². The number of aliphatic hydroxyl groups is 2. The van der Waals surface area contributed by atoms with Gasteiger partial charge in [0.1, 0.15) is 20.1 Å². The standard InChI is InChI=1S/C8H10BFO3/c1-2-3-8(10)6(12)5(4-11)13-7(8)9/h3,5-7,11-12H,1,4H2. The first-order chi connectivity index (χ1) is 6.06. The largest absolute Gasteiger partial charge is 0.394 e. The summed E-state index contributed by atoms with van der Waals surface area (Å²) in [5.74, 6) is 0. The van der Waals surface area contributed by atoms with Crippen LogP contribution in [0.4, 0.5) is 4.39 Å². The molecule has 2 N–H and O–H groups in total. The molecule has 0 amide bonds. The number of halogens is 1. The summed E-state index contributed by atoms with van der Waals surface area (Å²) in [5.41, 5.74) is -0.00916. The summed E-state index contributed by atoms with van der Waals surface area (Å²) >= 11 is 0.